The molecule has 112 valence electrons. The zero-order valence-corrected chi connectivity index (χ0v) is 11.9. The number of nitrogens with zero attached hydrogens (tertiary/aromatic N) is 3. The van der Waals surface area contributed by atoms with E-state index < -0.39 is 0 Å². The van der Waals surface area contributed by atoms with Gasteiger partial charge in [0.15, 0.2) is 0 Å². The summed E-state index contributed by atoms with van der Waals surface area (Å²) in [6.45, 7) is 0.0879. The zero-order chi connectivity index (χ0) is 15.2. The minimum absolute atomic E-state index is 0.0879. The molecule has 1 aromatic carbocycles. The van der Waals surface area contributed by atoms with E-state index in [0.29, 0.717) is 5.82 Å². The number of aromatic nitrogens is 4. The Bertz CT molecular complexity index is 825. The molecule has 0 atom stereocenters. The van der Waals surface area contributed by atoms with Crippen LogP contribution in [-0.2, 0) is 0 Å². The van der Waals surface area contributed by atoms with Gasteiger partial charge in [-0.05, 0) is 31.0 Å². The minimum Gasteiger partial charge on any atom is -0.394 e. The summed E-state index contributed by atoms with van der Waals surface area (Å²) in [5.74, 6) is 0.885. The van der Waals surface area contributed by atoms with Crippen LogP contribution in [-0.4, -0.2) is 37.4 Å². The predicted octanol–water partition coefficient (Wildman–Crippen LogP) is 1.54. The van der Waals surface area contributed by atoms with E-state index in [0.717, 1.165) is 35.0 Å². The lowest BCUT2D eigenvalue weighted by atomic mass is 10.1. The average Bonchev–Trinajstić information content (AvgIpc) is 3.08. The average molecular weight is 296 g/mol. The number of hydrogen-bond acceptors (Lipinski definition) is 6. The van der Waals surface area contributed by atoms with Crippen molar-refractivity contribution in [3.05, 3.63) is 30.5 Å². The molecule has 3 aromatic rings. The molecule has 1 aliphatic rings. The number of benzene rings is 1. The van der Waals surface area contributed by atoms with Gasteiger partial charge in [0.05, 0.1) is 23.4 Å². The number of nitrogen functional groups attached to an aromatic ring is 1. The molecule has 1 aliphatic carbocycles. The number of hydrogen-bond donors (Lipinski definition) is 4. The van der Waals surface area contributed by atoms with Crippen LogP contribution in [0.25, 0.3) is 22.2 Å². The van der Waals surface area contributed by atoms with E-state index in [1.807, 2.05) is 24.3 Å². The van der Waals surface area contributed by atoms with Crippen LogP contribution in [0.3, 0.4) is 0 Å². The standard InChI is InChI=1S/C15H16N6O/c16-14-18-12-7-9(11-3-6-17-21-11)1-2-10(12)13(19-14)20-15(8-22)4-5-15/h1-3,6-7,22H,4-5,8H2,(H,17,21)(H3,16,18,19,20). The van der Waals surface area contributed by atoms with E-state index in [9.17, 15) is 5.11 Å². The van der Waals surface area contributed by atoms with Gasteiger partial charge >= 0.3 is 0 Å². The highest BCUT2D eigenvalue weighted by atomic mass is 16.3. The van der Waals surface area contributed by atoms with Crippen LogP contribution >= 0.6 is 0 Å². The maximum atomic E-state index is 9.48. The summed E-state index contributed by atoms with van der Waals surface area (Å²) in [5, 5.41) is 20.6. The number of rotatable bonds is 4. The molecule has 2 heterocycles. The Morgan fingerprint density at radius 3 is 2.82 bits per heavy atom. The Morgan fingerprint density at radius 2 is 2.14 bits per heavy atom. The summed E-state index contributed by atoms with van der Waals surface area (Å²) in [7, 11) is 0. The summed E-state index contributed by atoms with van der Waals surface area (Å²) in [6, 6.07) is 7.79. The number of nitrogens with one attached hydrogen (secondary N) is 2. The Balaban J connectivity index is 1.81. The van der Waals surface area contributed by atoms with Crippen molar-refractivity contribution in [1.82, 2.24) is 20.2 Å². The molecule has 22 heavy (non-hydrogen) atoms. The third-order valence-electron chi connectivity index (χ3n) is 4.07. The van der Waals surface area contributed by atoms with Gasteiger partial charge in [-0.2, -0.15) is 10.1 Å². The highest BCUT2D eigenvalue weighted by Crippen LogP contribution is 2.39. The SMILES string of the molecule is Nc1nc(NC2(CO)CC2)c2ccc(-c3ccn[nH]3)cc2n1. The highest BCUT2D eigenvalue weighted by Gasteiger charge is 2.42. The fourth-order valence-electron chi connectivity index (χ4n) is 2.55. The van der Waals surface area contributed by atoms with Gasteiger partial charge in [0.1, 0.15) is 5.82 Å². The number of fused-ring (bicyclic) bond motifs is 1. The van der Waals surface area contributed by atoms with E-state index in [-0.39, 0.29) is 18.1 Å². The quantitative estimate of drug-likeness (QED) is 0.581. The van der Waals surface area contributed by atoms with E-state index >= 15 is 0 Å². The first-order valence-electron chi connectivity index (χ1n) is 7.15. The Kier molecular flexibility index (Phi) is 2.77. The summed E-state index contributed by atoms with van der Waals surface area (Å²) in [6.07, 6.45) is 3.57. The molecule has 5 N–H and O–H groups in total. The lowest BCUT2D eigenvalue weighted by Gasteiger charge is -2.17. The van der Waals surface area contributed by atoms with Crippen LogP contribution in [0.5, 0.6) is 0 Å². The molecular formula is C15H16N6O. The molecule has 0 radical (unpaired) electrons. The third kappa shape index (κ3) is 2.15. The molecule has 7 heteroatoms. The predicted molar refractivity (Wildman–Crippen MR) is 84.2 cm³/mol. The van der Waals surface area contributed by atoms with E-state index in [1.54, 1.807) is 6.20 Å². The first kappa shape index (κ1) is 13.0. The molecule has 0 spiro atoms. The van der Waals surface area contributed by atoms with Crippen molar-refractivity contribution in [2.75, 3.05) is 17.7 Å². The second-order valence-electron chi connectivity index (χ2n) is 5.70. The van der Waals surface area contributed by atoms with Crippen LogP contribution in [0.15, 0.2) is 30.5 Å². The Morgan fingerprint density at radius 1 is 1.27 bits per heavy atom. The molecule has 1 saturated carbocycles. The summed E-state index contributed by atoms with van der Waals surface area (Å²) < 4.78 is 0. The number of aliphatic hydroxyl groups is 1. The van der Waals surface area contributed by atoms with Gasteiger partial charge in [-0.1, -0.05) is 6.07 Å². The van der Waals surface area contributed by atoms with E-state index in [1.165, 1.54) is 0 Å². The lowest BCUT2D eigenvalue weighted by Crippen LogP contribution is -2.26. The molecule has 0 saturated heterocycles. The van der Waals surface area contributed by atoms with Gasteiger partial charge in [0.25, 0.3) is 0 Å². The van der Waals surface area contributed by atoms with Gasteiger partial charge < -0.3 is 16.2 Å². The molecule has 0 aliphatic heterocycles. The summed E-state index contributed by atoms with van der Waals surface area (Å²) >= 11 is 0. The van der Waals surface area contributed by atoms with Gasteiger partial charge in [0.2, 0.25) is 5.95 Å². The third-order valence-corrected chi connectivity index (χ3v) is 4.07. The minimum atomic E-state index is -0.254. The van der Waals surface area contributed by atoms with Gasteiger partial charge in [0, 0.05) is 17.1 Å². The molecule has 0 bridgehead atoms. The fourth-order valence-corrected chi connectivity index (χ4v) is 2.55. The number of aliphatic hydroxyl groups excluding tert-OH is 1. The lowest BCUT2D eigenvalue weighted by molar-refractivity contribution is 0.266. The second-order valence-corrected chi connectivity index (χ2v) is 5.70. The van der Waals surface area contributed by atoms with Crippen LogP contribution < -0.4 is 11.1 Å². The Hall–Kier alpha value is -2.67. The zero-order valence-electron chi connectivity index (χ0n) is 11.9. The second kappa shape index (κ2) is 4.67. The van der Waals surface area contributed by atoms with Crippen molar-refractivity contribution in [3.8, 4) is 11.3 Å². The smallest absolute Gasteiger partial charge is 0.222 e. The van der Waals surface area contributed by atoms with Crippen molar-refractivity contribution in [3.63, 3.8) is 0 Å². The van der Waals surface area contributed by atoms with Crippen molar-refractivity contribution in [2.24, 2.45) is 0 Å². The fraction of sp³-hybridized carbons (Fsp3) is 0.267. The molecule has 0 unspecified atom stereocenters. The van der Waals surface area contributed by atoms with Gasteiger partial charge in [-0.25, -0.2) is 4.98 Å². The highest BCUT2D eigenvalue weighted by molar-refractivity contribution is 5.93. The van der Waals surface area contributed by atoms with Crippen LogP contribution in [0, 0.1) is 0 Å². The van der Waals surface area contributed by atoms with Crippen LogP contribution in [0.2, 0.25) is 0 Å². The van der Waals surface area contributed by atoms with Crippen molar-refractivity contribution >= 4 is 22.7 Å². The normalized spacial score (nSPS) is 15.9. The van der Waals surface area contributed by atoms with Gasteiger partial charge in [-0.3, -0.25) is 5.10 Å². The van der Waals surface area contributed by atoms with Crippen LogP contribution in [0.4, 0.5) is 11.8 Å². The molecule has 2 aromatic heterocycles. The molecule has 7 nitrogen and oxygen atoms in total. The van der Waals surface area contributed by atoms with E-state index in [4.69, 9.17) is 5.73 Å². The summed E-state index contributed by atoms with van der Waals surface area (Å²) in [5.41, 5.74) is 8.24. The first-order chi connectivity index (χ1) is 10.7. The maximum absolute atomic E-state index is 9.48. The van der Waals surface area contributed by atoms with Crippen molar-refractivity contribution in [2.45, 2.75) is 18.4 Å². The number of nitrogens with two attached hydrogens (primary N) is 1. The molecule has 4 rings (SSSR count). The number of H-pyrrole nitrogens is 1. The Labute approximate surface area is 126 Å². The molecule has 1 fully saturated rings. The topological polar surface area (TPSA) is 113 Å². The number of anilines is 2. The van der Waals surface area contributed by atoms with Crippen LogP contribution in [0.1, 0.15) is 12.8 Å². The first-order valence-corrected chi connectivity index (χ1v) is 7.15. The maximum Gasteiger partial charge on any atom is 0.222 e. The largest absolute Gasteiger partial charge is 0.394 e. The van der Waals surface area contributed by atoms with Gasteiger partial charge in [-0.15, -0.1) is 0 Å². The monoisotopic (exact) mass is 296 g/mol. The molecular weight excluding hydrogens is 280 g/mol. The number of aromatic amines is 1. The van der Waals surface area contributed by atoms with Crippen molar-refractivity contribution in [1.29, 1.82) is 0 Å². The molecule has 0 amide bonds. The van der Waals surface area contributed by atoms with Crippen molar-refractivity contribution < 1.29 is 5.11 Å². The van der Waals surface area contributed by atoms with E-state index in [2.05, 4.69) is 25.5 Å². The summed E-state index contributed by atoms with van der Waals surface area (Å²) in [4.78, 5) is 8.60.